The van der Waals surface area contributed by atoms with Gasteiger partial charge in [0.25, 0.3) is 0 Å². The summed E-state index contributed by atoms with van der Waals surface area (Å²) in [4.78, 5) is 22.3. The standard InChI is InChI=1S/C11H13ClN2O2/c1-13-11(16)7-14-10(15)6-8-4-2-3-5-9(8)12/h2-5H,6-7H2,1H3,(H,13,16)(H,14,15). The van der Waals surface area contributed by atoms with Gasteiger partial charge in [0.2, 0.25) is 11.8 Å². The van der Waals surface area contributed by atoms with Gasteiger partial charge in [0.15, 0.2) is 0 Å². The van der Waals surface area contributed by atoms with Crippen LogP contribution in [0.3, 0.4) is 0 Å². The third-order valence-electron chi connectivity index (χ3n) is 2.03. The highest BCUT2D eigenvalue weighted by molar-refractivity contribution is 6.31. The van der Waals surface area contributed by atoms with Crippen LogP contribution in [0, 0.1) is 0 Å². The van der Waals surface area contributed by atoms with Gasteiger partial charge in [-0.25, -0.2) is 0 Å². The minimum atomic E-state index is -0.229. The van der Waals surface area contributed by atoms with Crippen molar-refractivity contribution in [3.8, 4) is 0 Å². The number of carbonyl (C=O) groups excluding carboxylic acids is 2. The molecule has 0 aliphatic rings. The monoisotopic (exact) mass is 240 g/mol. The second-order valence-electron chi connectivity index (χ2n) is 3.22. The molecule has 0 radical (unpaired) electrons. The molecule has 0 fully saturated rings. The Bertz CT molecular complexity index is 393. The van der Waals surface area contributed by atoms with Gasteiger partial charge < -0.3 is 10.6 Å². The van der Waals surface area contributed by atoms with E-state index in [1.54, 1.807) is 18.2 Å². The van der Waals surface area contributed by atoms with Crippen LogP contribution in [0.2, 0.25) is 5.02 Å². The van der Waals surface area contributed by atoms with Crippen molar-refractivity contribution in [2.75, 3.05) is 13.6 Å². The summed E-state index contributed by atoms with van der Waals surface area (Å²) in [5, 5.41) is 5.47. The first kappa shape index (κ1) is 12.5. The third-order valence-corrected chi connectivity index (χ3v) is 2.40. The van der Waals surface area contributed by atoms with Gasteiger partial charge in [-0.2, -0.15) is 0 Å². The van der Waals surface area contributed by atoms with E-state index in [0.29, 0.717) is 5.02 Å². The SMILES string of the molecule is CNC(=O)CNC(=O)Cc1ccccc1Cl. The van der Waals surface area contributed by atoms with Crippen LogP contribution in [-0.4, -0.2) is 25.4 Å². The maximum absolute atomic E-state index is 11.4. The molecule has 0 saturated carbocycles. The summed E-state index contributed by atoms with van der Waals surface area (Å²) in [6, 6.07) is 7.12. The Hall–Kier alpha value is -1.55. The van der Waals surface area contributed by atoms with Crippen molar-refractivity contribution in [3.05, 3.63) is 34.9 Å². The lowest BCUT2D eigenvalue weighted by molar-refractivity contribution is -0.125. The zero-order valence-corrected chi connectivity index (χ0v) is 9.67. The maximum atomic E-state index is 11.4. The second kappa shape index (κ2) is 6.12. The molecule has 0 spiro atoms. The van der Waals surface area contributed by atoms with Crippen LogP contribution in [0.4, 0.5) is 0 Å². The number of amides is 2. The third kappa shape index (κ3) is 3.90. The van der Waals surface area contributed by atoms with E-state index in [0.717, 1.165) is 5.56 Å². The number of hydrogen-bond donors (Lipinski definition) is 2. The summed E-state index contributed by atoms with van der Waals surface area (Å²) < 4.78 is 0. The molecule has 0 unspecified atom stereocenters. The molecule has 2 amide bonds. The summed E-state index contributed by atoms with van der Waals surface area (Å²) in [6.45, 7) is -0.0141. The van der Waals surface area contributed by atoms with Crippen molar-refractivity contribution in [2.24, 2.45) is 0 Å². The molecular formula is C11H13ClN2O2. The quantitative estimate of drug-likeness (QED) is 0.816. The van der Waals surface area contributed by atoms with E-state index in [1.165, 1.54) is 7.05 Å². The van der Waals surface area contributed by atoms with Crippen LogP contribution >= 0.6 is 11.6 Å². The lowest BCUT2D eigenvalue weighted by Gasteiger charge is -2.05. The molecule has 4 nitrogen and oxygen atoms in total. The molecule has 0 aliphatic heterocycles. The Labute approximate surface area is 99.0 Å². The van der Waals surface area contributed by atoms with E-state index in [9.17, 15) is 9.59 Å². The number of carbonyl (C=O) groups is 2. The van der Waals surface area contributed by atoms with Gasteiger partial charge in [0.1, 0.15) is 0 Å². The zero-order chi connectivity index (χ0) is 12.0. The Kier molecular flexibility index (Phi) is 4.79. The van der Waals surface area contributed by atoms with E-state index in [2.05, 4.69) is 10.6 Å². The second-order valence-corrected chi connectivity index (χ2v) is 3.63. The van der Waals surface area contributed by atoms with Crippen molar-refractivity contribution < 1.29 is 9.59 Å². The molecule has 5 heteroatoms. The van der Waals surface area contributed by atoms with Crippen LogP contribution in [0.5, 0.6) is 0 Å². The molecule has 16 heavy (non-hydrogen) atoms. The summed E-state index contributed by atoms with van der Waals surface area (Å²) in [7, 11) is 1.52. The normalized spacial score (nSPS) is 9.62. The Balaban J connectivity index is 2.46. The molecule has 1 aromatic rings. The highest BCUT2D eigenvalue weighted by atomic mass is 35.5. The predicted molar refractivity (Wildman–Crippen MR) is 62.2 cm³/mol. The smallest absolute Gasteiger partial charge is 0.239 e. The van der Waals surface area contributed by atoms with Gasteiger partial charge in [-0.15, -0.1) is 0 Å². The highest BCUT2D eigenvalue weighted by Gasteiger charge is 2.07. The first-order chi connectivity index (χ1) is 7.63. The average Bonchev–Trinajstić information content (AvgIpc) is 2.29. The summed E-state index contributed by atoms with van der Waals surface area (Å²) in [5.41, 5.74) is 0.749. The molecule has 0 aliphatic carbocycles. The van der Waals surface area contributed by atoms with Crippen LogP contribution in [0.1, 0.15) is 5.56 Å². The number of nitrogens with one attached hydrogen (secondary N) is 2. The van der Waals surface area contributed by atoms with Gasteiger partial charge in [-0.3, -0.25) is 9.59 Å². The molecule has 1 rings (SSSR count). The minimum Gasteiger partial charge on any atom is -0.358 e. The average molecular weight is 241 g/mol. The fourth-order valence-electron chi connectivity index (χ4n) is 1.14. The van der Waals surface area contributed by atoms with Gasteiger partial charge in [0, 0.05) is 12.1 Å². The zero-order valence-electron chi connectivity index (χ0n) is 8.92. The van der Waals surface area contributed by atoms with Crippen LogP contribution in [-0.2, 0) is 16.0 Å². The minimum absolute atomic E-state index is 0.0141. The first-order valence-corrected chi connectivity index (χ1v) is 5.22. The lowest BCUT2D eigenvalue weighted by atomic mass is 10.1. The Morgan fingerprint density at radius 2 is 1.94 bits per heavy atom. The largest absolute Gasteiger partial charge is 0.358 e. The van der Waals surface area contributed by atoms with E-state index in [-0.39, 0.29) is 24.8 Å². The van der Waals surface area contributed by atoms with Crippen LogP contribution in [0.15, 0.2) is 24.3 Å². The topological polar surface area (TPSA) is 58.2 Å². The lowest BCUT2D eigenvalue weighted by Crippen LogP contribution is -2.35. The van der Waals surface area contributed by atoms with Crippen LogP contribution in [0.25, 0.3) is 0 Å². The molecule has 0 atom stereocenters. The number of likely N-dealkylation sites (N-methyl/N-ethyl adjacent to an activating group) is 1. The molecular weight excluding hydrogens is 228 g/mol. The summed E-state index contributed by atoms with van der Waals surface area (Å²) >= 11 is 5.90. The number of hydrogen-bond acceptors (Lipinski definition) is 2. The summed E-state index contributed by atoms with van der Waals surface area (Å²) in [5.74, 6) is -0.454. The fraction of sp³-hybridized carbons (Fsp3) is 0.273. The fourth-order valence-corrected chi connectivity index (χ4v) is 1.35. The number of benzene rings is 1. The molecule has 0 bridgehead atoms. The molecule has 86 valence electrons. The maximum Gasteiger partial charge on any atom is 0.239 e. The van der Waals surface area contributed by atoms with Crippen molar-refractivity contribution in [1.82, 2.24) is 10.6 Å². The Morgan fingerprint density at radius 1 is 1.25 bits per heavy atom. The predicted octanol–water partition coefficient (Wildman–Crippen LogP) is 0.745. The molecule has 1 aromatic carbocycles. The molecule has 2 N–H and O–H groups in total. The van der Waals surface area contributed by atoms with Crippen molar-refractivity contribution >= 4 is 23.4 Å². The van der Waals surface area contributed by atoms with Gasteiger partial charge >= 0.3 is 0 Å². The van der Waals surface area contributed by atoms with Gasteiger partial charge in [0.05, 0.1) is 13.0 Å². The van der Waals surface area contributed by atoms with Crippen molar-refractivity contribution in [3.63, 3.8) is 0 Å². The van der Waals surface area contributed by atoms with E-state index < -0.39 is 0 Å². The summed E-state index contributed by atoms with van der Waals surface area (Å²) in [6.07, 6.45) is 0.177. The molecule has 0 aromatic heterocycles. The first-order valence-electron chi connectivity index (χ1n) is 4.84. The van der Waals surface area contributed by atoms with E-state index in [4.69, 9.17) is 11.6 Å². The van der Waals surface area contributed by atoms with Crippen molar-refractivity contribution in [2.45, 2.75) is 6.42 Å². The van der Waals surface area contributed by atoms with E-state index in [1.807, 2.05) is 6.07 Å². The number of halogens is 1. The van der Waals surface area contributed by atoms with Crippen LogP contribution < -0.4 is 10.6 Å². The van der Waals surface area contributed by atoms with Crippen molar-refractivity contribution in [1.29, 1.82) is 0 Å². The number of rotatable bonds is 4. The van der Waals surface area contributed by atoms with Gasteiger partial charge in [-0.05, 0) is 11.6 Å². The highest BCUT2D eigenvalue weighted by Crippen LogP contribution is 2.14. The Morgan fingerprint density at radius 3 is 2.56 bits per heavy atom. The van der Waals surface area contributed by atoms with E-state index >= 15 is 0 Å². The van der Waals surface area contributed by atoms with Gasteiger partial charge in [-0.1, -0.05) is 29.8 Å². The molecule has 0 saturated heterocycles. The molecule has 0 heterocycles.